The van der Waals surface area contributed by atoms with Gasteiger partial charge in [0.15, 0.2) is 0 Å². The number of carbonyl (C=O) groups excluding carboxylic acids is 1. The number of carbonyl (C=O) groups is 1. The first-order valence-corrected chi connectivity index (χ1v) is 8.99. The molecule has 0 bridgehead atoms. The van der Waals surface area contributed by atoms with E-state index >= 15 is 0 Å². The Hall–Kier alpha value is -0.520. The highest BCUT2D eigenvalue weighted by Gasteiger charge is 2.27. The van der Waals surface area contributed by atoms with Crippen molar-refractivity contribution in [1.29, 1.82) is 0 Å². The Kier molecular flexibility index (Phi) is 6.57. The molecule has 0 aliphatic carbocycles. The Balaban J connectivity index is 0.00000192. The van der Waals surface area contributed by atoms with Crippen molar-refractivity contribution in [1.82, 2.24) is 10.2 Å². The summed E-state index contributed by atoms with van der Waals surface area (Å²) in [6.45, 7) is 2.55. The van der Waals surface area contributed by atoms with E-state index in [-0.39, 0.29) is 18.3 Å². The Morgan fingerprint density at radius 2 is 2.22 bits per heavy atom. The number of likely N-dealkylation sites (tertiary alicyclic amines) is 1. The van der Waals surface area contributed by atoms with Gasteiger partial charge in [-0.3, -0.25) is 4.79 Å². The molecule has 23 heavy (non-hydrogen) atoms. The molecule has 1 amide bonds. The van der Waals surface area contributed by atoms with Crippen LogP contribution in [0, 0.1) is 5.92 Å². The lowest BCUT2D eigenvalue weighted by molar-refractivity contribution is 0.0679. The Morgan fingerprint density at radius 3 is 2.96 bits per heavy atom. The molecule has 126 valence electrons. The normalized spacial score (nSPS) is 18.0. The van der Waals surface area contributed by atoms with E-state index in [1.54, 1.807) is 6.07 Å². The lowest BCUT2D eigenvalue weighted by Crippen LogP contribution is -2.42. The van der Waals surface area contributed by atoms with Crippen LogP contribution in [0.15, 0.2) is 18.2 Å². The van der Waals surface area contributed by atoms with E-state index in [9.17, 15) is 4.79 Å². The van der Waals surface area contributed by atoms with E-state index in [4.69, 9.17) is 23.2 Å². The maximum Gasteiger partial charge on any atom is 0.265 e. The van der Waals surface area contributed by atoms with Crippen LogP contribution < -0.4 is 5.32 Å². The maximum absolute atomic E-state index is 12.8. The summed E-state index contributed by atoms with van der Waals surface area (Å²) in [6.07, 6.45) is 2.22. The van der Waals surface area contributed by atoms with Gasteiger partial charge in [-0.05, 0) is 44.5 Å². The number of piperidine rings is 1. The largest absolute Gasteiger partial charge is 0.338 e. The summed E-state index contributed by atoms with van der Waals surface area (Å²) >= 11 is 13.9. The summed E-state index contributed by atoms with van der Waals surface area (Å²) in [6, 6.07) is 5.55. The minimum atomic E-state index is 0. The van der Waals surface area contributed by atoms with Gasteiger partial charge in [0, 0.05) is 28.2 Å². The van der Waals surface area contributed by atoms with Gasteiger partial charge in [-0.15, -0.1) is 23.7 Å². The molecule has 0 spiro atoms. The van der Waals surface area contributed by atoms with Crippen molar-refractivity contribution >= 4 is 62.9 Å². The van der Waals surface area contributed by atoms with Gasteiger partial charge >= 0.3 is 0 Å². The Bertz CT molecular complexity index is 702. The summed E-state index contributed by atoms with van der Waals surface area (Å²) in [5, 5.41) is 5.32. The van der Waals surface area contributed by atoms with Crippen molar-refractivity contribution in [3.8, 4) is 0 Å². The van der Waals surface area contributed by atoms with Crippen molar-refractivity contribution < 1.29 is 4.79 Å². The second kappa shape index (κ2) is 8.04. The first kappa shape index (κ1) is 18.8. The number of nitrogens with zero attached hydrogens (tertiary/aromatic N) is 1. The van der Waals surface area contributed by atoms with E-state index in [1.165, 1.54) is 17.8 Å². The Morgan fingerprint density at radius 1 is 1.43 bits per heavy atom. The maximum atomic E-state index is 12.8. The quantitative estimate of drug-likeness (QED) is 0.819. The highest BCUT2D eigenvalue weighted by molar-refractivity contribution is 7.21. The van der Waals surface area contributed by atoms with Crippen LogP contribution in [-0.4, -0.2) is 37.5 Å². The zero-order valence-electron chi connectivity index (χ0n) is 12.8. The second-order valence-corrected chi connectivity index (χ2v) is 7.57. The second-order valence-electron chi connectivity index (χ2n) is 5.70. The van der Waals surface area contributed by atoms with Crippen LogP contribution in [0.25, 0.3) is 10.1 Å². The standard InChI is InChI=1S/C16H18Cl2N2OS.ClH/c1-19-8-10-3-2-6-20(9-10)16(21)15-14(18)12-5-4-11(17)7-13(12)22-15;/h4-5,7,10,19H,2-3,6,8-9H2,1H3;1H. The third kappa shape index (κ3) is 3.94. The van der Waals surface area contributed by atoms with Crippen molar-refractivity contribution in [3.63, 3.8) is 0 Å². The van der Waals surface area contributed by atoms with Gasteiger partial charge in [-0.25, -0.2) is 0 Å². The molecule has 1 aliphatic heterocycles. The SMILES string of the molecule is CNCC1CCCN(C(=O)c2sc3cc(Cl)ccc3c2Cl)C1.Cl. The van der Waals surface area contributed by atoms with Crippen LogP contribution in [0.2, 0.25) is 10.0 Å². The molecule has 7 heteroatoms. The van der Waals surface area contributed by atoms with E-state index in [1.807, 2.05) is 24.1 Å². The van der Waals surface area contributed by atoms with Gasteiger partial charge in [-0.1, -0.05) is 29.3 Å². The molecule has 0 radical (unpaired) electrons. The van der Waals surface area contributed by atoms with Crippen LogP contribution in [-0.2, 0) is 0 Å². The fraction of sp³-hybridized carbons (Fsp3) is 0.438. The van der Waals surface area contributed by atoms with Crippen LogP contribution in [0.1, 0.15) is 22.5 Å². The third-order valence-corrected chi connectivity index (χ3v) is 5.97. The average Bonchev–Trinajstić information content (AvgIpc) is 2.83. The molecule has 1 unspecified atom stereocenters. The van der Waals surface area contributed by atoms with Crippen molar-refractivity contribution in [2.45, 2.75) is 12.8 Å². The smallest absolute Gasteiger partial charge is 0.265 e. The minimum absolute atomic E-state index is 0. The zero-order valence-corrected chi connectivity index (χ0v) is 15.9. The number of nitrogens with one attached hydrogen (secondary N) is 1. The zero-order chi connectivity index (χ0) is 15.7. The van der Waals surface area contributed by atoms with Crippen LogP contribution >= 0.6 is 46.9 Å². The predicted octanol–water partition coefficient (Wildman–Crippen LogP) is 4.70. The van der Waals surface area contributed by atoms with Gasteiger partial charge < -0.3 is 10.2 Å². The number of halogens is 3. The molecular formula is C16H19Cl3N2OS. The number of thiophene rings is 1. The Labute approximate surface area is 156 Å². The topological polar surface area (TPSA) is 32.3 Å². The number of hydrogen-bond acceptors (Lipinski definition) is 3. The summed E-state index contributed by atoms with van der Waals surface area (Å²) in [4.78, 5) is 15.4. The molecule has 2 aromatic rings. The van der Waals surface area contributed by atoms with Gasteiger partial charge in [0.2, 0.25) is 0 Å². The monoisotopic (exact) mass is 392 g/mol. The average molecular weight is 394 g/mol. The molecule has 1 saturated heterocycles. The highest BCUT2D eigenvalue weighted by atomic mass is 35.5. The molecule has 1 N–H and O–H groups in total. The molecule has 2 heterocycles. The summed E-state index contributed by atoms with van der Waals surface area (Å²) in [5.41, 5.74) is 0. The first-order valence-electron chi connectivity index (χ1n) is 7.41. The third-order valence-electron chi connectivity index (χ3n) is 4.08. The molecule has 0 saturated carbocycles. The van der Waals surface area contributed by atoms with Crippen LogP contribution in [0.5, 0.6) is 0 Å². The predicted molar refractivity (Wildman–Crippen MR) is 102 cm³/mol. The van der Waals surface area contributed by atoms with Crippen molar-refractivity contribution in [2.24, 2.45) is 5.92 Å². The fourth-order valence-electron chi connectivity index (χ4n) is 3.02. The van der Waals surface area contributed by atoms with E-state index < -0.39 is 0 Å². The molecule has 1 aromatic heterocycles. The van der Waals surface area contributed by atoms with Gasteiger partial charge in [-0.2, -0.15) is 0 Å². The van der Waals surface area contributed by atoms with E-state index in [2.05, 4.69) is 5.32 Å². The molecule has 1 aromatic carbocycles. The van der Waals surface area contributed by atoms with Crippen molar-refractivity contribution in [3.05, 3.63) is 33.1 Å². The highest BCUT2D eigenvalue weighted by Crippen LogP contribution is 2.37. The van der Waals surface area contributed by atoms with Gasteiger partial charge in [0.25, 0.3) is 5.91 Å². The fourth-order valence-corrected chi connectivity index (χ4v) is 4.78. The molecule has 1 fully saturated rings. The molecule has 1 aliphatic rings. The molecule has 3 rings (SSSR count). The molecular weight excluding hydrogens is 375 g/mol. The summed E-state index contributed by atoms with van der Waals surface area (Å²) in [7, 11) is 1.95. The van der Waals surface area contributed by atoms with Gasteiger partial charge in [0.05, 0.1) is 5.02 Å². The van der Waals surface area contributed by atoms with Crippen molar-refractivity contribution in [2.75, 3.05) is 26.7 Å². The number of fused-ring (bicyclic) bond motifs is 1. The van der Waals surface area contributed by atoms with E-state index in [0.29, 0.717) is 20.8 Å². The molecule has 1 atom stereocenters. The number of hydrogen-bond donors (Lipinski definition) is 1. The number of benzene rings is 1. The minimum Gasteiger partial charge on any atom is -0.338 e. The molecule has 3 nitrogen and oxygen atoms in total. The van der Waals surface area contributed by atoms with Crippen LogP contribution in [0.3, 0.4) is 0 Å². The summed E-state index contributed by atoms with van der Waals surface area (Å²) in [5.74, 6) is 0.563. The number of rotatable bonds is 3. The lowest BCUT2D eigenvalue weighted by atomic mass is 9.98. The first-order chi connectivity index (χ1) is 10.6. The van der Waals surface area contributed by atoms with Crippen LogP contribution in [0.4, 0.5) is 0 Å². The van der Waals surface area contributed by atoms with E-state index in [0.717, 1.165) is 36.1 Å². The van der Waals surface area contributed by atoms with Gasteiger partial charge in [0.1, 0.15) is 4.88 Å². The lowest BCUT2D eigenvalue weighted by Gasteiger charge is -2.32. The summed E-state index contributed by atoms with van der Waals surface area (Å²) < 4.78 is 0.963. The number of amides is 1.